The molecule has 2 aromatic rings. The Kier molecular flexibility index (Phi) is 5.02. The van der Waals surface area contributed by atoms with Gasteiger partial charge in [-0.15, -0.1) is 0 Å². The van der Waals surface area contributed by atoms with Gasteiger partial charge in [0.15, 0.2) is 0 Å². The fourth-order valence-electron chi connectivity index (χ4n) is 3.01. The van der Waals surface area contributed by atoms with Crippen LogP contribution in [0.2, 0.25) is 0 Å². The Bertz CT molecular complexity index is 810. The lowest BCUT2D eigenvalue weighted by molar-refractivity contribution is -0.120. The summed E-state index contributed by atoms with van der Waals surface area (Å²) in [4.78, 5) is 26.1. The molecule has 0 radical (unpaired) electrons. The molecular formula is C18H22N4O3. The molecular weight excluding hydrogens is 320 g/mol. The van der Waals surface area contributed by atoms with Crippen molar-refractivity contribution in [1.29, 1.82) is 0 Å². The molecule has 7 heteroatoms. The number of hydrogen-bond acceptors (Lipinski definition) is 5. The second-order valence-corrected chi connectivity index (χ2v) is 6.10. The number of carbonyl (C=O) groups is 1. The van der Waals surface area contributed by atoms with Crippen molar-refractivity contribution in [2.24, 2.45) is 13.0 Å². The van der Waals surface area contributed by atoms with Gasteiger partial charge in [0.25, 0.3) is 5.56 Å². The van der Waals surface area contributed by atoms with Gasteiger partial charge in [-0.3, -0.25) is 9.59 Å². The molecule has 0 aliphatic carbocycles. The Morgan fingerprint density at radius 3 is 2.60 bits per heavy atom. The van der Waals surface area contributed by atoms with Crippen molar-refractivity contribution in [3.63, 3.8) is 0 Å². The summed E-state index contributed by atoms with van der Waals surface area (Å²) in [5, 5.41) is 7.23. The molecule has 3 rings (SSSR count). The summed E-state index contributed by atoms with van der Waals surface area (Å²) in [6.07, 6.45) is 1.48. The Morgan fingerprint density at radius 2 is 1.92 bits per heavy atom. The van der Waals surface area contributed by atoms with Gasteiger partial charge in [-0.1, -0.05) is 12.1 Å². The number of ether oxygens (including phenoxy) is 1. The van der Waals surface area contributed by atoms with Crippen molar-refractivity contribution < 1.29 is 9.53 Å². The predicted octanol–water partition coefficient (Wildman–Crippen LogP) is 1.64. The molecule has 1 aliphatic heterocycles. The largest absolute Gasteiger partial charge is 0.495 e. The van der Waals surface area contributed by atoms with Gasteiger partial charge in [0.1, 0.15) is 11.6 Å². The number of aryl methyl sites for hydroxylation is 1. The van der Waals surface area contributed by atoms with Crippen molar-refractivity contribution in [3.8, 4) is 5.75 Å². The van der Waals surface area contributed by atoms with E-state index in [9.17, 15) is 9.59 Å². The average molecular weight is 342 g/mol. The molecule has 7 nitrogen and oxygen atoms in total. The molecule has 0 unspecified atom stereocenters. The third-order valence-corrected chi connectivity index (χ3v) is 4.50. The molecule has 132 valence electrons. The molecule has 1 aromatic heterocycles. The highest BCUT2D eigenvalue weighted by Crippen LogP contribution is 2.26. The van der Waals surface area contributed by atoms with E-state index in [1.54, 1.807) is 20.2 Å². The number of carbonyl (C=O) groups excluding carboxylic acids is 1. The predicted molar refractivity (Wildman–Crippen MR) is 96.0 cm³/mol. The quantitative estimate of drug-likeness (QED) is 0.914. The summed E-state index contributed by atoms with van der Waals surface area (Å²) >= 11 is 0. The average Bonchev–Trinajstić information content (AvgIpc) is 2.64. The number of anilines is 2. The second-order valence-electron chi connectivity index (χ2n) is 6.10. The first-order chi connectivity index (χ1) is 12.1. The number of hydrogen-bond donors (Lipinski definition) is 1. The smallest absolute Gasteiger partial charge is 0.266 e. The maximum atomic E-state index is 12.5. The summed E-state index contributed by atoms with van der Waals surface area (Å²) in [6.45, 7) is 1.46. The number of nitrogens with zero attached hydrogens (tertiary/aromatic N) is 3. The van der Waals surface area contributed by atoms with E-state index in [1.165, 1.54) is 10.7 Å². The van der Waals surface area contributed by atoms with Crippen LogP contribution in [-0.4, -0.2) is 35.9 Å². The molecule has 1 N–H and O–H groups in total. The van der Waals surface area contributed by atoms with Gasteiger partial charge in [-0.05, 0) is 31.0 Å². The lowest BCUT2D eigenvalue weighted by Crippen LogP contribution is -2.39. The van der Waals surface area contributed by atoms with Crippen LogP contribution in [0.4, 0.5) is 11.5 Å². The number of rotatable bonds is 4. The van der Waals surface area contributed by atoms with Gasteiger partial charge in [0.2, 0.25) is 5.91 Å². The zero-order valence-corrected chi connectivity index (χ0v) is 14.4. The number of piperidine rings is 1. The second kappa shape index (κ2) is 7.38. The minimum absolute atomic E-state index is 0.0116. The van der Waals surface area contributed by atoms with Gasteiger partial charge >= 0.3 is 0 Å². The van der Waals surface area contributed by atoms with E-state index in [0.29, 0.717) is 11.4 Å². The highest BCUT2D eigenvalue weighted by atomic mass is 16.5. The third kappa shape index (κ3) is 3.81. The van der Waals surface area contributed by atoms with E-state index < -0.39 is 0 Å². The van der Waals surface area contributed by atoms with Gasteiger partial charge in [0, 0.05) is 32.1 Å². The lowest BCUT2D eigenvalue weighted by Gasteiger charge is -2.32. The summed E-state index contributed by atoms with van der Waals surface area (Å²) in [7, 11) is 3.23. The summed E-state index contributed by atoms with van der Waals surface area (Å²) in [6, 6.07) is 10.6. The van der Waals surface area contributed by atoms with E-state index in [4.69, 9.17) is 4.74 Å². The van der Waals surface area contributed by atoms with Crippen molar-refractivity contribution in [2.75, 3.05) is 30.4 Å². The molecule has 0 saturated carbocycles. The topological polar surface area (TPSA) is 76.5 Å². The highest BCUT2D eigenvalue weighted by molar-refractivity contribution is 5.94. The van der Waals surface area contributed by atoms with Crippen molar-refractivity contribution in [3.05, 3.63) is 46.8 Å². The van der Waals surface area contributed by atoms with Crippen LogP contribution < -0.4 is 20.5 Å². The fraction of sp³-hybridized carbons (Fsp3) is 0.389. The summed E-state index contributed by atoms with van der Waals surface area (Å²) < 4.78 is 6.60. The summed E-state index contributed by atoms with van der Waals surface area (Å²) in [5.74, 6) is 1.39. The van der Waals surface area contributed by atoms with Gasteiger partial charge in [-0.2, -0.15) is 5.10 Å². The van der Waals surface area contributed by atoms with Crippen LogP contribution in [0.3, 0.4) is 0 Å². The number of nitrogens with one attached hydrogen (secondary N) is 1. The van der Waals surface area contributed by atoms with Crippen LogP contribution in [0.25, 0.3) is 0 Å². The molecule has 1 aliphatic rings. The van der Waals surface area contributed by atoms with Gasteiger partial charge < -0.3 is 15.0 Å². The van der Waals surface area contributed by atoms with Crippen LogP contribution in [0.5, 0.6) is 5.75 Å². The highest BCUT2D eigenvalue weighted by Gasteiger charge is 2.26. The van der Waals surface area contributed by atoms with Gasteiger partial charge in [0.05, 0.1) is 12.8 Å². The molecule has 2 heterocycles. The Morgan fingerprint density at radius 1 is 1.20 bits per heavy atom. The van der Waals surface area contributed by atoms with E-state index in [2.05, 4.69) is 15.3 Å². The first-order valence-electron chi connectivity index (χ1n) is 8.31. The van der Waals surface area contributed by atoms with Crippen LogP contribution in [0.1, 0.15) is 12.8 Å². The molecule has 1 amide bonds. The first kappa shape index (κ1) is 17.0. The molecule has 1 fully saturated rings. The van der Waals surface area contributed by atoms with Crippen LogP contribution in [-0.2, 0) is 11.8 Å². The Hall–Kier alpha value is -2.83. The number of para-hydroxylation sites is 2. The minimum atomic E-state index is -0.130. The zero-order chi connectivity index (χ0) is 17.8. The van der Waals surface area contributed by atoms with Crippen molar-refractivity contribution >= 4 is 17.4 Å². The number of methoxy groups -OCH3 is 1. The summed E-state index contributed by atoms with van der Waals surface area (Å²) in [5.41, 5.74) is 0.562. The molecule has 1 aromatic carbocycles. The van der Waals surface area contributed by atoms with Crippen LogP contribution in [0, 0.1) is 5.92 Å². The molecule has 0 spiro atoms. The number of benzene rings is 1. The monoisotopic (exact) mass is 342 g/mol. The van der Waals surface area contributed by atoms with Crippen molar-refractivity contribution in [1.82, 2.24) is 9.78 Å². The fourth-order valence-corrected chi connectivity index (χ4v) is 3.01. The van der Waals surface area contributed by atoms with Crippen molar-refractivity contribution in [2.45, 2.75) is 12.8 Å². The maximum absolute atomic E-state index is 12.5. The molecule has 1 saturated heterocycles. The molecule has 0 atom stereocenters. The van der Waals surface area contributed by atoms with E-state index in [-0.39, 0.29) is 17.4 Å². The normalized spacial score (nSPS) is 15.0. The first-order valence-corrected chi connectivity index (χ1v) is 8.31. The Balaban J connectivity index is 1.60. The zero-order valence-electron chi connectivity index (χ0n) is 14.4. The van der Waals surface area contributed by atoms with E-state index >= 15 is 0 Å². The Labute approximate surface area is 146 Å². The van der Waals surface area contributed by atoms with E-state index in [0.717, 1.165) is 31.7 Å². The molecule has 0 bridgehead atoms. The van der Waals surface area contributed by atoms with E-state index in [1.807, 2.05) is 24.3 Å². The maximum Gasteiger partial charge on any atom is 0.266 e. The van der Waals surface area contributed by atoms with Crippen LogP contribution in [0.15, 0.2) is 41.2 Å². The number of aromatic nitrogens is 2. The SMILES string of the molecule is COc1ccccc1NC(=O)C1CCN(c2ccc(=O)n(C)n2)CC1. The lowest BCUT2D eigenvalue weighted by atomic mass is 9.95. The number of amides is 1. The van der Waals surface area contributed by atoms with Gasteiger partial charge in [-0.25, -0.2) is 4.68 Å². The third-order valence-electron chi connectivity index (χ3n) is 4.50. The van der Waals surface area contributed by atoms with Crippen LogP contribution >= 0.6 is 0 Å². The molecule has 25 heavy (non-hydrogen) atoms. The standard InChI is InChI=1S/C18H22N4O3/c1-21-17(23)8-7-16(20-21)22-11-9-13(10-12-22)18(24)19-14-5-3-4-6-15(14)25-2/h3-8,13H,9-12H2,1-2H3,(H,19,24). The minimum Gasteiger partial charge on any atom is -0.495 e.